The van der Waals surface area contributed by atoms with Gasteiger partial charge in [0.1, 0.15) is 17.7 Å². The monoisotopic (exact) mass is 445 g/mol. The van der Waals surface area contributed by atoms with E-state index in [1.165, 1.54) is 4.90 Å². The van der Waals surface area contributed by atoms with Gasteiger partial charge in [0.05, 0.1) is 0 Å². The Labute approximate surface area is 168 Å². The highest BCUT2D eigenvalue weighted by molar-refractivity contribution is 9.10. The summed E-state index contributed by atoms with van der Waals surface area (Å²) in [5, 5.41) is 0. The number of hydrogen-bond donors (Lipinski definition) is 0. The Kier molecular flexibility index (Phi) is 8.47. The Bertz CT molecular complexity index is 605. The summed E-state index contributed by atoms with van der Waals surface area (Å²) >= 11 is 5.02. The van der Waals surface area contributed by atoms with E-state index >= 15 is 0 Å². The van der Waals surface area contributed by atoms with E-state index in [1.807, 2.05) is 24.3 Å². The Morgan fingerprint density at radius 1 is 1.00 bits per heavy atom. The van der Waals surface area contributed by atoms with Crippen molar-refractivity contribution in [3.8, 4) is 0 Å². The third kappa shape index (κ3) is 10.1. The molecule has 1 rings (SSSR count). The molecule has 26 heavy (non-hydrogen) atoms. The molecule has 0 spiro atoms. The first-order valence-corrected chi connectivity index (χ1v) is 10.2. The second-order valence-corrected chi connectivity index (χ2v) is 9.87. The van der Waals surface area contributed by atoms with Crippen LogP contribution in [-0.4, -0.2) is 47.0 Å². The van der Waals surface area contributed by atoms with Gasteiger partial charge in [-0.25, -0.2) is 4.79 Å². The standard InChI is InChI=1S/C19H28BrNO4S/c1-18(2,3)24-16(22)13-21(17(23)25-19(4,5)6)11-12-26-15-9-7-14(20)8-10-15/h7-10H,11-13H2,1-6H3. The van der Waals surface area contributed by atoms with Gasteiger partial charge in [-0.1, -0.05) is 15.9 Å². The van der Waals surface area contributed by atoms with Crippen molar-refractivity contribution < 1.29 is 19.1 Å². The minimum atomic E-state index is -0.623. The van der Waals surface area contributed by atoms with Crippen molar-refractivity contribution in [2.24, 2.45) is 0 Å². The lowest BCUT2D eigenvalue weighted by molar-refractivity contribution is -0.155. The fourth-order valence-electron chi connectivity index (χ4n) is 1.90. The van der Waals surface area contributed by atoms with Gasteiger partial charge in [-0.3, -0.25) is 9.69 Å². The van der Waals surface area contributed by atoms with Gasteiger partial charge in [-0.05, 0) is 65.8 Å². The lowest BCUT2D eigenvalue weighted by Gasteiger charge is -2.28. The van der Waals surface area contributed by atoms with Crippen LogP contribution in [-0.2, 0) is 14.3 Å². The molecule has 0 aliphatic carbocycles. The number of amides is 1. The van der Waals surface area contributed by atoms with E-state index in [0.717, 1.165) is 9.37 Å². The molecule has 0 saturated carbocycles. The van der Waals surface area contributed by atoms with Crippen molar-refractivity contribution in [1.29, 1.82) is 0 Å². The number of esters is 1. The lowest BCUT2D eigenvalue weighted by Crippen LogP contribution is -2.42. The van der Waals surface area contributed by atoms with Gasteiger partial charge in [0.15, 0.2) is 0 Å². The summed E-state index contributed by atoms with van der Waals surface area (Å²) in [6.45, 7) is 11.0. The average Bonchev–Trinajstić information content (AvgIpc) is 2.44. The van der Waals surface area contributed by atoms with Crippen LogP contribution in [0.1, 0.15) is 41.5 Å². The van der Waals surface area contributed by atoms with Crippen LogP contribution in [0.3, 0.4) is 0 Å². The average molecular weight is 446 g/mol. The first-order valence-electron chi connectivity index (χ1n) is 8.44. The van der Waals surface area contributed by atoms with Gasteiger partial charge in [-0.2, -0.15) is 0 Å². The normalized spacial score (nSPS) is 11.8. The molecule has 0 N–H and O–H groups in total. The zero-order chi connectivity index (χ0) is 20.0. The molecule has 1 aromatic rings. The van der Waals surface area contributed by atoms with Crippen LogP contribution in [0.4, 0.5) is 4.79 Å². The molecule has 1 aromatic carbocycles. The van der Waals surface area contributed by atoms with Gasteiger partial charge in [0.25, 0.3) is 0 Å². The second kappa shape index (κ2) is 9.65. The molecule has 5 nitrogen and oxygen atoms in total. The third-order valence-electron chi connectivity index (χ3n) is 2.84. The zero-order valence-electron chi connectivity index (χ0n) is 16.3. The van der Waals surface area contributed by atoms with E-state index in [2.05, 4.69) is 15.9 Å². The van der Waals surface area contributed by atoms with E-state index in [1.54, 1.807) is 53.3 Å². The van der Waals surface area contributed by atoms with Crippen LogP contribution in [0.5, 0.6) is 0 Å². The number of carbonyl (C=O) groups is 2. The Hall–Kier alpha value is -1.21. The molecule has 0 bridgehead atoms. The van der Waals surface area contributed by atoms with Crippen LogP contribution in [0, 0.1) is 0 Å². The Morgan fingerprint density at radius 2 is 1.54 bits per heavy atom. The first-order chi connectivity index (χ1) is 11.9. The number of rotatable bonds is 6. The van der Waals surface area contributed by atoms with E-state index in [0.29, 0.717) is 12.3 Å². The minimum absolute atomic E-state index is 0.132. The van der Waals surface area contributed by atoms with E-state index in [-0.39, 0.29) is 6.54 Å². The quantitative estimate of drug-likeness (QED) is 0.449. The van der Waals surface area contributed by atoms with Crippen LogP contribution in [0.25, 0.3) is 0 Å². The Balaban J connectivity index is 2.68. The van der Waals surface area contributed by atoms with Crippen LogP contribution in [0.15, 0.2) is 33.6 Å². The maximum atomic E-state index is 12.4. The van der Waals surface area contributed by atoms with Gasteiger partial charge in [-0.15, -0.1) is 11.8 Å². The van der Waals surface area contributed by atoms with Gasteiger partial charge >= 0.3 is 12.1 Å². The molecule has 146 valence electrons. The van der Waals surface area contributed by atoms with Crippen molar-refractivity contribution in [3.05, 3.63) is 28.7 Å². The number of thioether (sulfide) groups is 1. The van der Waals surface area contributed by atoms with Gasteiger partial charge in [0.2, 0.25) is 0 Å². The molecule has 0 saturated heterocycles. The summed E-state index contributed by atoms with van der Waals surface area (Å²) in [4.78, 5) is 27.0. The van der Waals surface area contributed by atoms with Crippen LogP contribution in [0.2, 0.25) is 0 Å². The highest BCUT2D eigenvalue weighted by atomic mass is 79.9. The number of hydrogen-bond acceptors (Lipinski definition) is 5. The number of benzene rings is 1. The van der Waals surface area contributed by atoms with Crippen LogP contribution < -0.4 is 0 Å². The van der Waals surface area contributed by atoms with E-state index in [4.69, 9.17) is 9.47 Å². The molecule has 0 aliphatic rings. The number of halogens is 1. The van der Waals surface area contributed by atoms with E-state index in [9.17, 15) is 9.59 Å². The predicted octanol–water partition coefficient (Wildman–Crippen LogP) is 5.12. The molecule has 0 aromatic heterocycles. The predicted molar refractivity (Wildman–Crippen MR) is 109 cm³/mol. The van der Waals surface area contributed by atoms with Gasteiger partial charge < -0.3 is 9.47 Å². The third-order valence-corrected chi connectivity index (χ3v) is 4.36. The smallest absolute Gasteiger partial charge is 0.410 e. The second-order valence-electron chi connectivity index (χ2n) is 7.79. The highest BCUT2D eigenvalue weighted by Crippen LogP contribution is 2.21. The zero-order valence-corrected chi connectivity index (χ0v) is 18.7. The summed E-state index contributed by atoms with van der Waals surface area (Å²) in [7, 11) is 0. The fraction of sp³-hybridized carbons (Fsp3) is 0.579. The first kappa shape index (κ1) is 22.8. The van der Waals surface area contributed by atoms with Crippen LogP contribution >= 0.6 is 27.7 Å². The largest absolute Gasteiger partial charge is 0.459 e. The van der Waals surface area contributed by atoms with Crippen molar-refractivity contribution >= 4 is 39.8 Å². The summed E-state index contributed by atoms with van der Waals surface area (Å²) in [5.74, 6) is 0.195. The molecule has 0 unspecified atom stereocenters. The van der Waals surface area contributed by atoms with Crippen molar-refractivity contribution in [3.63, 3.8) is 0 Å². The summed E-state index contributed by atoms with van der Waals surface area (Å²) in [6.07, 6.45) is -0.514. The lowest BCUT2D eigenvalue weighted by atomic mass is 10.2. The maximum absolute atomic E-state index is 12.4. The topological polar surface area (TPSA) is 55.8 Å². The van der Waals surface area contributed by atoms with Crippen molar-refractivity contribution in [2.45, 2.75) is 57.6 Å². The maximum Gasteiger partial charge on any atom is 0.410 e. The summed E-state index contributed by atoms with van der Waals surface area (Å²) in [5.41, 5.74) is -1.22. The minimum Gasteiger partial charge on any atom is -0.459 e. The molecule has 7 heteroatoms. The fourth-order valence-corrected chi connectivity index (χ4v) is 3.04. The summed E-state index contributed by atoms with van der Waals surface area (Å²) in [6, 6.07) is 7.93. The SMILES string of the molecule is CC(C)(C)OC(=O)CN(CCSc1ccc(Br)cc1)C(=O)OC(C)(C)C. The molecular formula is C19H28BrNO4S. The number of carbonyl (C=O) groups excluding carboxylic acids is 2. The molecule has 0 aliphatic heterocycles. The molecular weight excluding hydrogens is 418 g/mol. The molecule has 0 radical (unpaired) electrons. The molecule has 0 heterocycles. The van der Waals surface area contributed by atoms with Crippen molar-refractivity contribution in [1.82, 2.24) is 4.90 Å². The number of ether oxygens (including phenoxy) is 2. The summed E-state index contributed by atoms with van der Waals surface area (Å²) < 4.78 is 11.8. The van der Waals surface area contributed by atoms with Crippen molar-refractivity contribution in [2.75, 3.05) is 18.8 Å². The molecule has 1 amide bonds. The Morgan fingerprint density at radius 3 is 2.04 bits per heavy atom. The highest BCUT2D eigenvalue weighted by Gasteiger charge is 2.26. The molecule has 0 fully saturated rings. The van der Waals surface area contributed by atoms with E-state index < -0.39 is 23.3 Å². The van der Waals surface area contributed by atoms with Gasteiger partial charge in [0, 0.05) is 21.7 Å². The molecule has 0 atom stereocenters. The number of nitrogens with zero attached hydrogens (tertiary/aromatic N) is 1.